The highest BCUT2D eigenvalue weighted by molar-refractivity contribution is 5.97. The molecule has 0 bridgehead atoms. The molecule has 8 aromatic carbocycles. The molecule has 1 spiro atoms. The lowest BCUT2D eigenvalue weighted by atomic mass is 9.70. The van der Waals surface area contributed by atoms with Crippen molar-refractivity contribution >= 4 is 59.0 Å². The van der Waals surface area contributed by atoms with E-state index in [0.29, 0.717) is 0 Å². The predicted molar refractivity (Wildman–Crippen MR) is 349 cm³/mol. The molecule has 0 saturated carbocycles. The van der Waals surface area contributed by atoms with Gasteiger partial charge in [0.05, 0.1) is 5.41 Å². The number of hydrogen-bond donors (Lipinski definition) is 0. The molecular formula is C79H58N6. The number of nitrogens with zero attached hydrogens (tertiary/aromatic N) is 6. The van der Waals surface area contributed by atoms with Crippen LogP contribution in [0.1, 0.15) is 94.5 Å². The van der Waals surface area contributed by atoms with Crippen LogP contribution in [0.25, 0.3) is 68.8 Å². The third-order valence-electron chi connectivity index (χ3n) is 18.5. The third kappa shape index (κ3) is 7.78. The standard InChI is InChI=1S/C79H58N6/c1-77(2)67-45-51(29-35-59(67)61-39-33-55(49-69(61)77)84(73-21-9-13-41-80-73)74-22-10-14-42-81-74)25-27-53-31-37-63-64-38-32-54(48-72(64)79(71(63)47-53)65-19-7-5-17-57(65)58-18-6-8-20-66(58)79)28-26-52-30-36-60-62-40-34-56(50-70(62)78(3,4)68(60)46-52)85(75-23-11-15-43-82-75)76-24-12-16-44-83-76/h5-50H,1-4H3. The second-order valence-corrected chi connectivity index (χ2v) is 23.9. The molecule has 0 radical (unpaired) electrons. The summed E-state index contributed by atoms with van der Waals surface area (Å²) in [4.78, 5) is 23.3. The van der Waals surface area contributed by atoms with E-state index in [4.69, 9.17) is 19.9 Å². The van der Waals surface area contributed by atoms with E-state index in [1.807, 2.05) is 97.6 Å². The van der Waals surface area contributed by atoms with Crippen LogP contribution in [0.2, 0.25) is 0 Å². The zero-order valence-corrected chi connectivity index (χ0v) is 47.7. The van der Waals surface area contributed by atoms with E-state index in [9.17, 15) is 0 Å². The molecule has 6 nitrogen and oxygen atoms in total. The van der Waals surface area contributed by atoms with Crippen LogP contribution in [-0.4, -0.2) is 19.9 Å². The maximum atomic E-state index is 4.75. The zero-order valence-electron chi connectivity index (χ0n) is 47.7. The molecule has 0 aliphatic heterocycles. The summed E-state index contributed by atoms with van der Waals surface area (Å²) in [6.07, 6.45) is 16.5. The van der Waals surface area contributed by atoms with E-state index in [0.717, 1.165) is 34.6 Å². The van der Waals surface area contributed by atoms with Gasteiger partial charge in [0, 0.05) is 47.0 Å². The minimum Gasteiger partial charge on any atom is -0.279 e. The summed E-state index contributed by atoms with van der Waals surface area (Å²) in [5, 5.41) is 0. The lowest BCUT2D eigenvalue weighted by molar-refractivity contribution is 0.660. The summed E-state index contributed by atoms with van der Waals surface area (Å²) in [5.74, 6) is 3.31. The normalized spacial score (nSPS) is 14.5. The van der Waals surface area contributed by atoms with Crippen LogP contribution in [0.4, 0.5) is 34.6 Å². The van der Waals surface area contributed by atoms with E-state index in [1.165, 1.54) is 111 Å². The molecule has 4 aliphatic carbocycles. The Morgan fingerprint density at radius 1 is 0.259 bits per heavy atom. The van der Waals surface area contributed by atoms with E-state index >= 15 is 0 Å². The summed E-state index contributed by atoms with van der Waals surface area (Å²) < 4.78 is 0. The second-order valence-electron chi connectivity index (χ2n) is 23.9. The first kappa shape index (κ1) is 50.2. The molecule has 6 heteroatoms. The van der Waals surface area contributed by atoms with Crippen molar-refractivity contribution in [3.05, 3.63) is 322 Å². The van der Waals surface area contributed by atoms with Gasteiger partial charge in [-0.05, 0) is 196 Å². The summed E-state index contributed by atoms with van der Waals surface area (Å²) in [6, 6.07) is 84.0. The van der Waals surface area contributed by atoms with Crippen molar-refractivity contribution in [3.8, 4) is 44.5 Å². The monoisotopic (exact) mass is 1090 g/mol. The van der Waals surface area contributed by atoms with E-state index in [1.54, 1.807) is 0 Å². The first-order valence-electron chi connectivity index (χ1n) is 29.3. The Morgan fingerprint density at radius 3 is 0.859 bits per heavy atom. The van der Waals surface area contributed by atoms with E-state index in [-0.39, 0.29) is 10.8 Å². The minimum atomic E-state index is -0.499. The molecule has 0 atom stereocenters. The van der Waals surface area contributed by atoms with Crippen LogP contribution in [0, 0.1) is 0 Å². The Kier molecular flexibility index (Phi) is 11.4. The topological polar surface area (TPSA) is 58.0 Å². The molecule has 4 heterocycles. The van der Waals surface area contributed by atoms with E-state index in [2.05, 4.69) is 220 Å². The molecule has 0 saturated heterocycles. The fourth-order valence-corrected chi connectivity index (χ4v) is 14.4. The van der Waals surface area contributed by atoms with Gasteiger partial charge in [0.15, 0.2) is 0 Å². The highest BCUT2D eigenvalue weighted by Crippen LogP contribution is 2.63. The van der Waals surface area contributed by atoms with E-state index < -0.39 is 5.41 Å². The van der Waals surface area contributed by atoms with Crippen molar-refractivity contribution in [3.63, 3.8) is 0 Å². The molecule has 12 aromatic rings. The molecule has 16 rings (SSSR count). The van der Waals surface area contributed by atoms with Gasteiger partial charge in [-0.3, -0.25) is 9.80 Å². The van der Waals surface area contributed by atoms with Gasteiger partial charge in [-0.1, -0.05) is 198 Å². The number of anilines is 6. The van der Waals surface area contributed by atoms with Crippen molar-refractivity contribution in [1.29, 1.82) is 0 Å². The van der Waals surface area contributed by atoms with Gasteiger partial charge in [0.1, 0.15) is 23.3 Å². The molecule has 0 unspecified atom stereocenters. The minimum absolute atomic E-state index is 0.241. The quantitative estimate of drug-likeness (QED) is 0.127. The van der Waals surface area contributed by atoms with Crippen molar-refractivity contribution in [2.24, 2.45) is 0 Å². The van der Waals surface area contributed by atoms with Gasteiger partial charge in [-0.2, -0.15) is 0 Å². The van der Waals surface area contributed by atoms with Gasteiger partial charge < -0.3 is 0 Å². The molecule has 4 aliphatic rings. The Labute approximate surface area is 496 Å². The largest absolute Gasteiger partial charge is 0.279 e. The van der Waals surface area contributed by atoms with Gasteiger partial charge in [0.2, 0.25) is 0 Å². The summed E-state index contributed by atoms with van der Waals surface area (Å²) in [7, 11) is 0. The third-order valence-corrected chi connectivity index (χ3v) is 18.5. The Bertz CT molecular complexity index is 4340. The fraction of sp³-hybridized carbons (Fsp3) is 0.0886. The first-order valence-corrected chi connectivity index (χ1v) is 29.3. The maximum Gasteiger partial charge on any atom is 0.138 e. The van der Waals surface area contributed by atoms with Crippen molar-refractivity contribution in [1.82, 2.24) is 19.9 Å². The summed E-state index contributed by atoms with van der Waals surface area (Å²) in [6.45, 7) is 9.40. The number of hydrogen-bond acceptors (Lipinski definition) is 6. The Balaban J connectivity index is 0.723. The lowest BCUT2D eigenvalue weighted by Gasteiger charge is -2.30. The first-order chi connectivity index (χ1) is 41.6. The van der Waals surface area contributed by atoms with Gasteiger partial charge in [-0.15, -0.1) is 0 Å². The number of aromatic nitrogens is 4. The van der Waals surface area contributed by atoms with Gasteiger partial charge in [-0.25, -0.2) is 19.9 Å². The van der Waals surface area contributed by atoms with Crippen LogP contribution in [0.5, 0.6) is 0 Å². The number of pyridine rings is 4. The van der Waals surface area contributed by atoms with Crippen LogP contribution in [-0.2, 0) is 16.2 Å². The molecule has 85 heavy (non-hydrogen) atoms. The molecule has 0 amide bonds. The van der Waals surface area contributed by atoms with Crippen LogP contribution < -0.4 is 9.80 Å². The number of fused-ring (bicyclic) bond motifs is 16. The maximum absolute atomic E-state index is 4.75. The highest BCUT2D eigenvalue weighted by atomic mass is 15.2. The van der Waals surface area contributed by atoms with Gasteiger partial charge in [0.25, 0.3) is 0 Å². The lowest BCUT2D eigenvalue weighted by Crippen LogP contribution is -2.26. The fourth-order valence-electron chi connectivity index (χ4n) is 14.4. The van der Waals surface area contributed by atoms with Gasteiger partial charge >= 0.3 is 0 Å². The molecule has 4 aromatic heterocycles. The average Bonchev–Trinajstić information content (AvgIpc) is 1.64. The van der Waals surface area contributed by atoms with Crippen LogP contribution in [0.15, 0.2) is 255 Å². The number of benzene rings is 8. The van der Waals surface area contributed by atoms with Crippen molar-refractivity contribution in [2.75, 3.05) is 9.80 Å². The van der Waals surface area contributed by atoms with Crippen molar-refractivity contribution < 1.29 is 0 Å². The molecule has 0 fully saturated rings. The molecular weight excluding hydrogens is 1030 g/mol. The van der Waals surface area contributed by atoms with Crippen LogP contribution in [0.3, 0.4) is 0 Å². The number of rotatable bonds is 10. The Hall–Kier alpha value is -10.6. The summed E-state index contributed by atoms with van der Waals surface area (Å²) >= 11 is 0. The second kappa shape index (κ2) is 19.3. The van der Waals surface area contributed by atoms with Crippen molar-refractivity contribution in [2.45, 2.75) is 43.9 Å². The SMILES string of the molecule is CC1(C)c2cc(C=Cc3ccc4c(c3)C3(c5ccccc5-c5ccccc53)c3cc(C=Cc5ccc6c(c5)C(C)(C)c5cc(N(c7ccccn7)c7ccccn7)ccc5-6)ccc3-4)ccc2-c2ccc(N(c3ccccn3)c3ccccn3)cc21. The highest BCUT2D eigenvalue weighted by Gasteiger charge is 2.52. The molecule has 0 N–H and O–H groups in total. The molecule has 404 valence electrons. The smallest absolute Gasteiger partial charge is 0.138 e. The summed E-state index contributed by atoms with van der Waals surface area (Å²) in [5.41, 5.74) is 26.5. The van der Waals surface area contributed by atoms with Crippen LogP contribution >= 0.6 is 0 Å². The average molecular weight is 1090 g/mol. The predicted octanol–water partition coefficient (Wildman–Crippen LogP) is 19.5. The Morgan fingerprint density at radius 2 is 0.529 bits per heavy atom. The zero-order chi connectivity index (χ0) is 57.0.